The van der Waals surface area contributed by atoms with Crippen molar-refractivity contribution in [2.45, 2.75) is 17.1 Å². The second-order valence-corrected chi connectivity index (χ2v) is 8.54. The molecule has 1 aromatic heterocycles. The molecule has 5 heteroatoms. The van der Waals surface area contributed by atoms with Gasteiger partial charge in [-0.15, -0.1) is 23.1 Å². The molecule has 0 aliphatic heterocycles. The summed E-state index contributed by atoms with van der Waals surface area (Å²) in [5.74, 6) is -0.0163. The average molecular weight is 391 g/mol. The van der Waals surface area contributed by atoms with Crippen molar-refractivity contribution in [1.29, 1.82) is 0 Å². The fourth-order valence-electron chi connectivity index (χ4n) is 2.76. The number of anilines is 1. The van der Waals surface area contributed by atoms with E-state index in [1.807, 2.05) is 79.7 Å². The number of nitrogens with one attached hydrogen (secondary N) is 1. The molecule has 0 bridgehead atoms. The van der Waals surface area contributed by atoms with Crippen LogP contribution in [0.1, 0.15) is 6.92 Å². The summed E-state index contributed by atoms with van der Waals surface area (Å²) in [7, 11) is 0. The maximum Gasteiger partial charge on any atom is 0.237 e. The van der Waals surface area contributed by atoms with Crippen molar-refractivity contribution in [3.63, 3.8) is 0 Å². The molecule has 1 N–H and O–H groups in total. The largest absolute Gasteiger partial charge is 0.324 e. The topological polar surface area (TPSA) is 42.0 Å². The number of amides is 1. The molecule has 3 aromatic carbocycles. The first-order valence-corrected chi connectivity index (χ1v) is 10.4. The monoisotopic (exact) mass is 390 g/mol. The number of aromatic nitrogens is 1. The van der Waals surface area contributed by atoms with Gasteiger partial charge in [-0.3, -0.25) is 4.79 Å². The molecule has 4 aromatic rings. The molecule has 1 unspecified atom stereocenters. The molecule has 27 heavy (non-hydrogen) atoms. The van der Waals surface area contributed by atoms with Crippen LogP contribution in [0, 0.1) is 0 Å². The summed E-state index contributed by atoms with van der Waals surface area (Å²) in [4.78, 5) is 18.5. The van der Waals surface area contributed by atoms with Gasteiger partial charge in [-0.2, -0.15) is 0 Å². The van der Waals surface area contributed by atoms with E-state index in [1.54, 1.807) is 23.1 Å². The van der Waals surface area contributed by atoms with Crippen molar-refractivity contribution in [2.24, 2.45) is 0 Å². The number of thiazole rings is 1. The number of rotatable bonds is 5. The van der Waals surface area contributed by atoms with E-state index in [4.69, 9.17) is 4.98 Å². The molecule has 1 heterocycles. The lowest BCUT2D eigenvalue weighted by Crippen LogP contribution is -2.22. The van der Waals surface area contributed by atoms with Crippen molar-refractivity contribution >= 4 is 44.9 Å². The van der Waals surface area contributed by atoms with Gasteiger partial charge in [0, 0.05) is 10.5 Å². The molecule has 0 aliphatic rings. The standard InChI is InChI=1S/C22H18N2OS2/c1-15(26-16-9-3-2-4-10-16)21(25)23-18-12-6-5-11-17(18)22-24-19-13-7-8-14-20(19)27-22/h2-15H,1H3,(H,23,25). The molecular weight excluding hydrogens is 372 g/mol. The van der Waals surface area contributed by atoms with Crippen molar-refractivity contribution < 1.29 is 4.79 Å². The average Bonchev–Trinajstić information content (AvgIpc) is 3.13. The summed E-state index contributed by atoms with van der Waals surface area (Å²) < 4.78 is 1.14. The van der Waals surface area contributed by atoms with E-state index in [0.29, 0.717) is 0 Å². The van der Waals surface area contributed by atoms with Crippen LogP contribution in [-0.4, -0.2) is 16.1 Å². The van der Waals surface area contributed by atoms with Gasteiger partial charge in [0.05, 0.1) is 21.2 Å². The number of carbonyl (C=O) groups excluding carboxylic acids is 1. The Morgan fingerprint density at radius 2 is 1.67 bits per heavy atom. The van der Waals surface area contributed by atoms with E-state index in [0.717, 1.165) is 31.4 Å². The second-order valence-electron chi connectivity index (χ2n) is 6.09. The first kappa shape index (κ1) is 17.8. The molecule has 0 spiro atoms. The van der Waals surface area contributed by atoms with Crippen molar-refractivity contribution in [2.75, 3.05) is 5.32 Å². The molecule has 0 aliphatic carbocycles. The van der Waals surface area contributed by atoms with Crippen molar-refractivity contribution in [3.05, 3.63) is 78.9 Å². The molecule has 1 amide bonds. The van der Waals surface area contributed by atoms with Crippen LogP contribution in [0.2, 0.25) is 0 Å². The quantitative estimate of drug-likeness (QED) is 0.420. The number of hydrogen-bond acceptors (Lipinski definition) is 4. The summed E-state index contributed by atoms with van der Waals surface area (Å²) in [6.07, 6.45) is 0. The van der Waals surface area contributed by atoms with Crippen LogP contribution in [0.4, 0.5) is 5.69 Å². The fourth-order valence-corrected chi connectivity index (χ4v) is 4.65. The Hall–Kier alpha value is -2.63. The van der Waals surface area contributed by atoms with Gasteiger partial charge in [0.25, 0.3) is 0 Å². The van der Waals surface area contributed by atoms with Gasteiger partial charge in [0.15, 0.2) is 0 Å². The SMILES string of the molecule is CC(Sc1ccccc1)C(=O)Nc1ccccc1-c1nc2ccccc2s1. The van der Waals surface area contributed by atoms with Gasteiger partial charge in [0.1, 0.15) is 5.01 Å². The zero-order chi connectivity index (χ0) is 18.6. The molecular formula is C22H18N2OS2. The Morgan fingerprint density at radius 3 is 2.48 bits per heavy atom. The van der Waals surface area contributed by atoms with Crippen molar-refractivity contribution in [3.8, 4) is 10.6 Å². The molecule has 4 rings (SSSR count). The predicted molar refractivity (Wildman–Crippen MR) is 115 cm³/mol. The lowest BCUT2D eigenvalue weighted by atomic mass is 10.2. The Morgan fingerprint density at radius 1 is 0.963 bits per heavy atom. The number of benzene rings is 3. The van der Waals surface area contributed by atoms with Crippen molar-refractivity contribution in [1.82, 2.24) is 4.98 Å². The van der Waals surface area contributed by atoms with E-state index < -0.39 is 0 Å². The van der Waals surface area contributed by atoms with Gasteiger partial charge < -0.3 is 5.32 Å². The van der Waals surface area contributed by atoms with Crippen LogP contribution in [0.3, 0.4) is 0 Å². The van der Waals surface area contributed by atoms with Gasteiger partial charge >= 0.3 is 0 Å². The molecule has 0 saturated heterocycles. The zero-order valence-electron chi connectivity index (χ0n) is 14.8. The third-order valence-electron chi connectivity index (χ3n) is 4.13. The Labute approximate surface area is 166 Å². The molecule has 0 radical (unpaired) electrons. The molecule has 134 valence electrons. The molecule has 0 saturated carbocycles. The van der Waals surface area contributed by atoms with Gasteiger partial charge in [-0.05, 0) is 43.3 Å². The molecule has 0 fully saturated rings. The van der Waals surface area contributed by atoms with E-state index in [-0.39, 0.29) is 11.2 Å². The predicted octanol–water partition coefficient (Wildman–Crippen LogP) is 6.08. The van der Waals surface area contributed by atoms with E-state index in [1.165, 1.54) is 0 Å². The minimum atomic E-state index is -0.198. The Kier molecular flexibility index (Phi) is 5.23. The first-order chi connectivity index (χ1) is 13.2. The first-order valence-electron chi connectivity index (χ1n) is 8.68. The molecule has 3 nitrogen and oxygen atoms in total. The zero-order valence-corrected chi connectivity index (χ0v) is 16.4. The number of hydrogen-bond donors (Lipinski definition) is 1. The number of para-hydroxylation sites is 2. The summed E-state index contributed by atoms with van der Waals surface area (Å²) >= 11 is 3.19. The molecule has 1 atom stereocenters. The van der Waals surface area contributed by atoms with Crippen LogP contribution in [0.25, 0.3) is 20.8 Å². The Bertz CT molecular complexity index is 1040. The fraction of sp³-hybridized carbons (Fsp3) is 0.0909. The highest BCUT2D eigenvalue weighted by atomic mass is 32.2. The second kappa shape index (κ2) is 7.94. The van der Waals surface area contributed by atoms with Crippen LogP contribution in [-0.2, 0) is 4.79 Å². The van der Waals surface area contributed by atoms with Crippen LogP contribution in [0.15, 0.2) is 83.8 Å². The van der Waals surface area contributed by atoms with Gasteiger partial charge in [0.2, 0.25) is 5.91 Å². The normalized spacial score (nSPS) is 12.0. The highest BCUT2D eigenvalue weighted by molar-refractivity contribution is 8.00. The third kappa shape index (κ3) is 4.04. The lowest BCUT2D eigenvalue weighted by Gasteiger charge is -2.14. The minimum Gasteiger partial charge on any atom is -0.324 e. The summed E-state index contributed by atoms with van der Waals surface area (Å²) in [5.41, 5.74) is 2.72. The smallest absolute Gasteiger partial charge is 0.237 e. The highest BCUT2D eigenvalue weighted by Gasteiger charge is 2.17. The van der Waals surface area contributed by atoms with Crippen LogP contribution in [0.5, 0.6) is 0 Å². The number of nitrogens with zero attached hydrogens (tertiary/aromatic N) is 1. The maximum absolute atomic E-state index is 12.7. The highest BCUT2D eigenvalue weighted by Crippen LogP contribution is 2.35. The van der Waals surface area contributed by atoms with Crippen LogP contribution >= 0.6 is 23.1 Å². The summed E-state index contributed by atoms with van der Waals surface area (Å²) in [5, 5.41) is 3.79. The third-order valence-corrected chi connectivity index (χ3v) is 6.32. The maximum atomic E-state index is 12.7. The number of fused-ring (bicyclic) bond motifs is 1. The van der Waals surface area contributed by atoms with Gasteiger partial charge in [-0.1, -0.05) is 42.5 Å². The van der Waals surface area contributed by atoms with Crippen LogP contribution < -0.4 is 5.32 Å². The summed E-state index contributed by atoms with van der Waals surface area (Å²) in [6.45, 7) is 1.92. The van der Waals surface area contributed by atoms with E-state index in [2.05, 4.69) is 11.4 Å². The number of thioether (sulfide) groups is 1. The van der Waals surface area contributed by atoms with Gasteiger partial charge in [-0.25, -0.2) is 4.98 Å². The van der Waals surface area contributed by atoms with E-state index >= 15 is 0 Å². The summed E-state index contributed by atoms with van der Waals surface area (Å²) in [6, 6.07) is 25.9. The van der Waals surface area contributed by atoms with E-state index in [9.17, 15) is 4.79 Å². The number of carbonyl (C=O) groups is 1. The Balaban J connectivity index is 1.56. The minimum absolute atomic E-state index is 0.0163. The lowest BCUT2D eigenvalue weighted by molar-refractivity contribution is -0.115.